The van der Waals surface area contributed by atoms with Crippen molar-refractivity contribution >= 4 is 11.9 Å². The third-order valence-electron chi connectivity index (χ3n) is 2.93. The zero-order valence-electron chi connectivity index (χ0n) is 9.54. The van der Waals surface area contributed by atoms with Gasteiger partial charge in [0.2, 0.25) is 5.91 Å². The van der Waals surface area contributed by atoms with Crippen LogP contribution in [0.25, 0.3) is 0 Å². The number of halogens is 1. The molecule has 0 aliphatic carbocycles. The summed E-state index contributed by atoms with van der Waals surface area (Å²) < 4.78 is 13.6. The lowest BCUT2D eigenvalue weighted by atomic mass is 10.1. The molecular weight excluding hydrogens is 239 g/mol. The van der Waals surface area contributed by atoms with Gasteiger partial charge in [-0.3, -0.25) is 4.79 Å². The predicted octanol–water partition coefficient (Wildman–Crippen LogP) is 0.511. The topological polar surface area (TPSA) is 83.6 Å². The lowest BCUT2D eigenvalue weighted by molar-refractivity contribution is -0.148. The SMILES string of the molecule is NC1CC(=O)N(C(C(=O)O)c2ccccc2F)C1. The van der Waals surface area contributed by atoms with Gasteiger partial charge < -0.3 is 15.7 Å². The molecule has 0 saturated carbocycles. The summed E-state index contributed by atoms with van der Waals surface area (Å²) in [6, 6.07) is 3.83. The molecule has 3 N–H and O–H groups in total. The van der Waals surface area contributed by atoms with Crippen molar-refractivity contribution < 1.29 is 19.1 Å². The number of carboxylic acids is 1. The molecule has 0 spiro atoms. The Morgan fingerprint density at radius 3 is 2.67 bits per heavy atom. The number of benzene rings is 1. The average molecular weight is 252 g/mol. The van der Waals surface area contributed by atoms with Crippen LogP contribution in [0.2, 0.25) is 0 Å². The molecule has 1 aromatic carbocycles. The van der Waals surface area contributed by atoms with Crippen LogP contribution in [0.3, 0.4) is 0 Å². The summed E-state index contributed by atoms with van der Waals surface area (Å²) in [5.41, 5.74) is 5.60. The van der Waals surface area contributed by atoms with Gasteiger partial charge >= 0.3 is 5.97 Å². The van der Waals surface area contributed by atoms with Crippen molar-refractivity contribution in [3.05, 3.63) is 35.6 Å². The first-order valence-corrected chi connectivity index (χ1v) is 5.53. The Bertz CT molecular complexity index is 492. The number of nitrogens with zero attached hydrogens (tertiary/aromatic N) is 1. The van der Waals surface area contributed by atoms with E-state index in [-0.39, 0.29) is 24.4 Å². The van der Waals surface area contributed by atoms with Crippen LogP contribution in [0.4, 0.5) is 4.39 Å². The quantitative estimate of drug-likeness (QED) is 0.821. The van der Waals surface area contributed by atoms with Crippen LogP contribution < -0.4 is 5.73 Å². The maximum atomic E-state index is 13.6. The fourth-order valence-electron chi connectivity index (χ4n) is 2.14. The van der Waals surface area contributed by atoms with Gasteiger partial charge in [0.25, 0.3) is 0 Å². The summed E-state index contributed by atoms with van der Waals surface area (Å²) in [4.78, 5) is 24.1. The molecule has 1 saturated heterocycles. The number of rotatable bonds is 3. The predicted molar refractivity (Wildman–Crippen MR) is 61.1 cm³/mol. The number of aliphatic carboxylic acids is 1. The Labute approximate surface area is 103 Å². The smallest absolute Gasteiger partial charge is 0.331 e. The maximum Gasteiger partial charge on any atom is 0.331 e. The second-order valence-corrected chi connectivity index (χ2v) is 4.27. The van der Waals surface area contributed by atoms with Gasteiger partial charge in [-0.05, 0) is 6.07 Å². The number of nitrogens with two attached hydrogens (primary N) is 1. The highest BCUT2D eigenvalue weighted by Gasteiger charge is 2.38. The Hall–Kier alpha value is -1.95. The third-order valence-corrected chi connectivity index (χ3v) is 2.93. The van der Waals surface area contributed by atoms with Crippen molar-refractivity contribution in [3.63, 3.8) is 0 Å². The fourth-order valence-corrected chi connectivity index (χ4v) is 2.14. The van der Waals surface area contributed by atoms with Gasteiger partial charge in [-0.15, -0.1) is 0 Å². The molecule has 1 aliphatic rings. The summed E-state index contributed by atoms with van der Waals surface area (Å²) in [5, 5.41) is 9.21. The fraction of sp³-hybridized carbons (Fsp3) is 0.333. The van der Waals surface area contributed by atoms with E-state index < -0.39 is 23.9 Å². The van der Waals surface area contributed by atoms with Gasteiger partial charge in [0.05, 0.1) is 0 Å². The number of hydrogen-bond acceptors (Lipinski definition) is 3. The number of carboxylic acid groups (broad SMARTS) is 1. The minimum atomic E-state index is -1.31. The van der Waals surface area contributed by atoms with E-state index in [1.807, 2.05) is 0 Å². The first-order chi connectivity index (χ1) is 8.50. The molecule has 1 aliphatic heterocycles. The molecule has 0 radical (unpaired) electrons. The first kappa shape index (κ1) is 12.5. The molecule has 0 bridgehead atoms. The Kier molecular flexibility index (Phi) is 3.29. The minimum Gasteiger partial charge on any atom is -0.479 e. The van der Waals surface area contributed by atoms with Gasteiger partial charge in [0, 0.05) is 24.6 Å². The number of likely N-dealkylation sites (tertiary alicyclic amines) is 1. The molecule has 0 aromatic heterocycles. The highest BCUT2D eigenvalue weighted by Crippen LogP contribution is 2.27. The minimum absolute atomic E-state index is 0.0209. The zero-order chi connectivity index (χ0) is 13.3. The lowest BCUT2D eigenvalue weighted by Crippen LogP contribution is -2.37. The van der Waals surface area contributed by atoms with Crippen LogP contribution in [-0.4, -0.2) is 34.5 Å². The van der Waals surface area contributed by atoms with E-state index in [2.05, 4.69) is 0 Å². The summed E-state index contributed by atoms with van der Waals surface area (Å²) in [6.45, 7) is 0.129. The summed E-state index contributed by atoms with van der Waals surface area (Å²) >= 11 is 0. The Balaban J connectivity index is 2.38. The second-order valence-electron chi connectivity index (χ2n) is 4.27. The number of carbonyl (C=O) groups excluding carboxylic acids is 1. The van der Waals surface area contributed by atoms with Crippen LogP contribution in [0.1, 0.15) is 18.0 Å². The summed E-state index contributed by atoms with van der Waals surface area (Å²) in [6.07, 6.45) is 0.0955. The molecule has 2 rings (SSSR count). The molecule has 1 aromatic rings. The largest absolute Gasteiger partial charge is 0.479 e. The standard InChI is InChI=1S/C12H13FN2O3/c13-9-4-2-1-3-8(9)11(12(17)18)15-6-7(14)5-10(15)16/h1-4,7,11H,5-6,14H2,(H,17,18). The van der Waals surface area contributed by atoms with Crippen molar-refractivity contribution in [3.8, 4) is 0 Å². The Morgan fingerprint density at radius 1 is 1.50 bits per heavy atom. The maximum absolute atomic E-state index is 13.6. The zero-order valence-corrected chi connectivity index (χ0v) is 9.54. The van der Waals surface area contributed by atoms with Crippen LogP contribution in [-0.2, 0) is 9.59 Å². The molecule has 1 amide bonds. The van der Waals surface area contributed by atoms with Gasteiger partial charge in [-0.25, -0.2) is 9.18 Å². The molecule has 6 heteroatoms. The second kappa shape index (κ2) is 4.73. The number of amides is 1. The van der Waals surface area contributed by atoms with E-state index in [4.69, 9.17) is 5.73 Å². The van der Waals surface area contributed by atoms with E-state index in [0.29, 0.717) is 0 Å². The van der Waals surface area contributed by atoms with Crippen molar-refractivity contribution in [2.75, 3.05) is 6.54 Å². The van der Waals surface area contributed by atoms with Crippen molar-refractivity contribution in [2.24, 2.45) is 5.73 Å². The van der Waals surface area contributed by atoms with Crippen LogP contribution in [0, 0.1) is 5.82 Å². The van der Waals surface area contributed by atoms with E-state index in [9.17, 15) is 19.1 Å². The van der Waals surface area contributed by atoms with Crippen molar-refractivity contribution in [1.29, 1.82) is 0 Å². The summed E-state index contributed by atoms with van der Waals surface area (Å²) in [7, 11) is 0. The van der Waals surface area contributed by atoms with E-state index in [1.165, 1.54) is 24.3 Å². The molecule has 5 nitrogen and oxygen atoms in total. The van der Waals surface area contributed by atoms with E-state index >= 15 is 0 Å². The molecule has 96 valence electrons. The third kappa shape index (κ3) is 2.19. The molecule has 2 unspecified atom stereocenters. The average Bonchev–Trinajstić information content (AvgIpc) is 2.61. The highest BCUT2D eigenvalue weighted by molar-refractivity contribution is 5.86. The van der Waals surface area contributed by atoms with Gasteiger partial charge in [-0.2, -0.15) is 0 Å². The molecule has 1 fully saturated rings. The van der Waals surface area contributed by atoms with E-state index in [0.717, 1.165) is 4.90 Å². The van der Waals surface area contributed by atoms with Crippen LogP contribution in [0.5, 0.6) is 0 Å². The molecule has 18 heavy (non-hydrogen) atoms. The molecule has 2 atom stereocenters. The lowest BCUT2D eigenvalue weighted by Gasteiger charge is -2.25. The monoisotopic (exact) mass is 252 g/mol. The van der Waals surface area contributed by atoms with Crippen molar-refractivity contribution in [1.82, 2.24) is 4.90 Å². The van der Waals surface area contributed by atoms with Crippen molar-refractivity contribution in [2.45, 2.75) is 18.5 Å². The first-order valence-electron chi connectivity index (χ1n) is 5.53. The highest BCUT2D eigenvalue weighted by atomic mass is 19.1. The Morgan fingerprint density at radius 2 is 2.17 bits per heavy atom. The number of carbonyl (C=O) groups is 2. The van der Waals surface area contributed by atoms with Crippen LogP contribution in [0.15, 0.2) is 24.3 Å². The van der Waals surface area contributed by atoms with Gasteiger partial charge in [0.15, 0.2) is 6.04 Å². The summed E-state index contributed by atoms with van der Waals surface area (Å²) in [5.74, 6) is -2.26. The van der Waals surface area contributed by atoms with Gasteiger partial charge in [-0.1, -0.05) is 18.2 Å². The number of hydrogen-bond donors (Lipinski definition) is 2. The molecular formula is C12H13FN2O3. The normalized spacial score (nSPS) is 21.1. The van der Waals surface area contributed by atoms with E-state index in [1.54, 1.807) is 0 Å². The van der Waals surface area contributed by atoms with Gasteiger partial charge in [0.1, 0.15) is 5.82 Å². The van der Waals surface area contributed by atoms with Crippen LogP contribution >= 0.6 is 0 Å². The molecule has 1 heterocycles.